The van der Waals surface area contributed by atoms with Crippen molar-refractivity contribution < 1.29 is 9.90 Å². The lowest BCUT2D eigenvalue weighted by atomic mass is 10.0. The number of aryl methyl sites for hydroxylation is 1. The van der Waals surface area contributed by atoms with E-state index in [2.05, 4.69) is 36.5 Å². The van der Waals surface area contributed by atoms with Gasteiger partial charge in [0.05, 0.1) is 16.9 Å². The van der Waals surface area contributed by atoms with E-state index >= 15 is 0 Å². The number of aromatic nitrogens is 2. The number of benzene rings is 2. The molecule has 0 fully saturated rings. The van der Waals surface area contributed by atoms with Gasteiger partial charge in [0.15, 0.2) is 0 Å². The van der Waals surface area contributed by atoms with Crippen LogP contribution in [-0.2, 0) is 6.42 Å². The second-order valence-corrected chi connectivity index (χ2v) is 6.69. The third-order valence-electron chi connectivity index (χ3n) is 4.81. The minimum absolute atomic E-state index is 0.277. The van der Waals surface area contributed by atoms with Crippen molar-refractivity contribution in [1.82, 2.24) is 9.78 Å². The zero-order valence-electron chi connectivity index (χ0n) is 14.7. The first-order chi connectivity index (χ1) is 12.6. The number of anilines is 1. The van der Waals surface area contributed by atoms with E-state index in [0.717, 1.165) is 48.6 Å². The van der Waals surface area contributed by atoms with E-state index in [0.29, 0.717) is 0 Å². The van der Waals surface area contributed by atoms with Crippen LogP contribution in [0.4, 0.5) is 5.82 Å². The minimum atomic E-state index is -0.922. The largest absolute Gasteiger partial charge is 0.478 e. The summed E-state index contributed by atoms with van der Waals surface area (Å²) in [5.41, 5.74) is 5.70. The number of fused-ring (bicyclic) bond motifs is 1. The van der Waals surface area contributed by atoms with Gasteiger partial charge in [-0.2, -0.15) is 5.10 Å². The molecule has 0 bridgehead atoms. The van der Waals surface area contributed by atoms with Crippen molar-refractivity contribution in [3.63, 3.8) is 0 Å². The Labute approximate surface area is 152 Å². The maximum Gasteiger partial charge on any atom is 0.335 e. The highest BCUT2D eigenvalue weighted by Crippen LogP contribution is 2.34. The van der Waals surface area contributed by atoms with Crippen LogP contribution in [0.3, 0.4) is 0 Å². The van der Waals surface area contributed by atoms with Gasteiger partial charge in [0.2, 0.25) is 0 Å². The van der Waals surface area contributed by atoms with Crippen LogP contribution >= 0.6 is 0 Å². The average Bonchev–Trinajstić information content (AvgIpc) is 2.84. The molecule has 2 N–H and O–H groups in total. The zero-order valence-corrected chi connectivity index (χ0v) is 14.7. The highest BCUT2D eigenvalue weighted by Gasteiger charge is 2.21. The maximum atomic E-state index is 11.1. The normalized spacial score (nSPS) is 13.6. The van der Waals surface area contributed by atoms with E-state index < -0.39 is 5.97 Å². The van der Waals surface area contributed by atoms with E-state index in [1.807, 2.05) is 16.8 Å². The van der Waals surface area contributed by atoms with Crippen LogP contribution in [0.15, 0.2) is 48.5 Å². The molecule has 0 aliphatic carbocycles. The molecule has 2 heterocycles. The Morgan fingerprint density at radius 1 is 1.08 bits per heavy atom. The summed E-state index contributed by atoms with van der Waals surface area (Å²) in [5.74, 6) is 0.0930. The lowest BCUT2D eigenvalue weighted by Crippen LogP contribution is -2.07. The molecule has 0 spiro atoms. The zero-order chi connectivity index (χ0) is 18.1. The first-order valence-electron chi connectivity index (χ1n) is 8.90. The molecule has 0 atom stereocenters. The monoisotopic (exact) mass is 347 g/mol. The summed E-state index contributed by atoms with van der Waals surface area (Å²) in [6.07, 6.45) is 3.24. The number of aromatic carboxylic acids is 1. The molecular formula is C21H21N3O2. The Morgan fingerprint density at radius 2 is 1.81 bits per heavy atom. The van der Waals surface area contributed by atoms with Crippen molar-refractivity contribution >= 4 is 11.8 Å². The smallest absolute Gasteiger partial charge is 0.335 e. The third-order valence-corrected chi connectivity index (χ3v) is 4.81. The number of carboxylic acid groups (broad SMARTS) is 1. The molecule has 5 nitrogen and oxygen atoms in total. The molecule has 0 unspecified atom stereocenters. The Balaban J connectivity index is 1.84. The van der Waals surface area contributed by atoms with Crippen molar-refractivity contribution in [1.29, 1.82) is 0 Å². The minimum Gasteiger partial charge on any atom is -0.478 e. The Kier molecular flexibility index (Phi) is 4.21. The molecule has 26 heavy (non-hydrogen) atoms. The molecule has 5 heteroatoms. The average molecular weight is 347 g/mol. The molecule has 0 radical (unpaired) electrons. The van der Waals surface area contributed by atoms with E-state index in [1.165, 1.54) is 11.1 Å². The van der Waals surface area contributed by atoms with Gasteiger partial charge in [-0.25, -0.2) is 9.48 Å². The lowest BCUT2D eigenvalue weighted by Gasteiger charge is -2.09. The van der Waals surface area contributed by atoms with Gasteiger partial charge >= 0.3 is 5.97 Å². The summed E-state index contributed by atoms with van der Waals surface area (Å²) >= 11 is 0. The summed E-state index contributed by atoms with van der Waals surface area (Å²) < 4.78 is 1.90. The number of hydrogen-bond donors (Lipinski definition) is 2. The van der Waals surface area contributed by atoms with Crippen LogP contribution in [0.5, 0.6) is 0 Å². The van der Waals surface area contributed by atoms with Gasteiger partial charge in [-0.3, -0.25) is 0 Å². The molecule has 2 aromatic carbocycles. The standard InChI is InChI=1S/C21H21N3O2/c1-14-5-7-15(8-6-14)19-18-4-2-3-13-22-20(18)24(23-19)17-11-9-16(10-12-17)21(25)26/h5-12,22H,2-4,13H2,1H3,(H,25,26). The predicted octanol–water partition coefficient (Wildman–Crippen LogP) is 4.29. The molecule has 0 saturated heterocycles. The number of rotatable bonds is 3. The van der Waals surface area contributed by atoms with Gasteiger partial charge < -0.3 is 10.4 Å². The quantitative estimate of drug-likeness (QED) is 0.741. The van der Waals surface area contributed by atoms with Crippen LogP contribution in [-0.4, -0.2) is 27.4 Å². The molecule has 4 rings (SSSR count). The fraction of sp³-hybridized carbons (Fsp3) is 0.238. The van der Waals surface area contributed by atoms with Gasteiger partial charge in [0.1, 0.15) is 5.82 Å². The highest BCUT2D eigenvalue weighted by molar-refractivity contribution is 5.87. The third kappa shape index (κ3) is 2.96. The van der Waals surface area contributed by atoms with Crippen molar-refractivity contribution in [3.8, 4) is 16.9 Å². The number of nitrogens with zero attached hydrogens (tertiary/aromatic N) is 2. The Bertz CT molecular complexity index is 941. The Morgan fingerprint density at radius 3 is 2.50 bits per heavy atom. The first kappa shape index (κ1) is 16.4. The van der Waals surface area contributed by atoms with Crippen LogP contribution < -0.4 is 5.32 Å². The van der Waals surface area contributed by atoms with E-state index in [1.54, 1.807) is 12.1 Å². The SMILES string of the molecule is Cc1ccc(-c2nn(-c3ccc(C(=O)O)cc3)c3c2CCCCN3)cc1. The topological polar surface area (TPSA) is 67.2 Å². The second kappa shape index (κ2) is 6.67. The highest BCUT2D eigenvalue weighted by atomic mass is 16.4. The molecule has 1 aromatic heterocycles. The van der Waals surface area contributed by atoms with E-state index in [9.17, 15) is 4.79 Å². The lowest BCUT2D eigenvalue weighted by molar-refractivity contribution is 0.0697. The fourth-order valence-corrected chi connectivity index (χ4v) is 3.38. The summed E-state index contributed by atoms with van der Waals surface area (Å²) in [7, 11) is 0. The van der Waals surface area contributed by atoms with Gasteiger partial charge in [-0.05, 0) is 50.5 Å². The van der Waals surface area contributed by atoms with E-state index in [-0.39, 0.29) is 5.56 Å². The van der Waals surface area contributed by atoms with Gasteiger partial charge in [0.25, 0.3) is 0 Å². The second-order valence-electron chi connectivity index (χ2n) is 6.69. The molecule has 1 aliphatic rings. The number of hydrogen-bond acceptors (Lipinski definition) is 3. The number of nitrogens with one attached hydrogen (secondary N) is 1. The first-order valence-corrected chi connectivity index (χ1v) is 8.90. The van der Waals surface area contributed by atoms with Crippen LogP contribution in [0.2, 0.25) is 0 Å². The number of carboxylic acids is 1. The summed E-state index contributed by atoms with van der Waals surface area (Å²) in [4.78, 5) is 11.1. The van der Waals surface area contributed by atoms with Crippen LogP contribution in [0.25, 0.3) is 16.9 Å². The molecule has 132 valence electrons. The Hall–Kier alpha value is -3.08. The van der Waals surface area contributed by atoms with Crippen molar-refractivity contribution in [2.24, 2.45) is 0 Å². The summed E-state index contributed by atoms with van der Waals surface area (Å²) in [6, 6.07) is 15.3. The van der Waals surface area contributed by atoms with E-state index in [4.69, 9.17) is 10.2 Å². The summed E-state index contributed by atoms with van der Waals surface area (Å²) in [6.45, 7) is 2.99. The van der Waals surface area contributed by atoms with Crippen molar-refractivity contribution in [2.75, 3.05) is 11.9 Å². The van der Waals surface area contributed by atoms with Crippen LogP contribution in [0.1, 0.15) is 34.3 Å². The van der Waals surface area contributed by atoms with Gasteiger partial charge in [-0.1, -0.05) is 29.8 Å². The van der Waals surface area contributed by atoms with Crippen molar-refractivity contribution in [2.45, 2.75) is 26.2 Å². The van der Waals surface area contributed by atoms with Crippen molar-refractivity contribution in [3.05, 3.63) is 65.2 Å². The van der Waals surface area contributed by atoms with Gasteiger partial charge in [-0.15, -0.1) is 0 Å². The van der Waals surface area contributed by atoms with Gasteiger partial charge in [0, 0.05) is 17.7 Å². The molecule has 0 amide bonds. The predicted molar refractivity (Wildman–Crippen MR) is 102 cm³/mol. The van der Waals surface area contributed by atoms with Crippen LogP contribution in [0, 0.1) is 6.92 Å². The molecule has 0 saturated carbocycles. The maximum absolute atomic E-state index is 11.1. The molecular weight excluding hydrogens is 326 g/mol. The summed E-state index contributed by atoms with van der Waals surface area (Å²) in [5, 5.41) is 17.5. The molecule has 1 aliphatic heterocycles. The number of carbonyl (C=O) groups is 1. The molecule has 3 aromatic rings. The fourth-order valence-electron chi connectivity index (χ4n) is 3.38.